The van der Waals surface area contributed by atoms with Gasteiger partial charge in [-0.15, -0.1) is 6.42 Å². The first-order chi connectivity index (χ1) is 72.8. The van der Waals surface area contributed by atoms with Gasteiger partial charge < -0.3 is 80.0 Å². The third-order valence-corrected chi connectivity index (χ3v) is 34.9. The van der Waals surface area contributed by atoms with Crippen LogP contribution in [0.5, 0.6) is 51.7 Å². The molecule has 15 unspecified atom stereocenters. The molecule has 16 aliphatic rings. The summed E-state index contributed by atoms with van der Waals surface area (Å²) in [5, 5.41) is 41.0. The number of benzene rings is 12. The Hall–Kier alpha value is -14.3. The normalized spacial score (nSPS) is 24.8. The number of nitrogens with one attached hydrogen (secondary N) is 6. The fraction of sp³-hybridized carbons (Fsp3) is 0.291. The number of para-hydroxylation sites is 1. The van der Waals surface area contributed by atoms with Crippen molar-refractivity contribution in [1.82, 2.24) is 0 Å². The summed E-state index contributed by atoms with van der Waals surface area (Å²) in [6.45, 7) is 14.5. The molecule has 0 saturated heterocycles. The number of rotatable bonds is 11. The van der Waals surface area contributed by atoms with Crippen LogP contribution in [0.4, 0.5) is 34.1 Å². The van der Waals surface area contributed by atoms with Gasteiger partial charge in [0.05, 0.1) is 42.9 Å². The van der Waals surface area contributed by atoms with Crippen LogP contribution in [0, 0.1) is 47.9 Å². The van der Waals surface area contributed by atoms with Crippen LogP contribution >= 0.6 is 47.8 Å². The number of allylic oxidation sites excluding steroid dienone is 12. The molecule has 760 valence electrons. The molecular weight excluding hydrogens is 2070 g/mol. The van der Waals surface area contributed by atoms with E-state index < -0.39 is 0 Å². The maximum Gasteiger partial charge on any atom is 0.231 e. The van der Waals surface area contributed by atoms with Gasteiger partial charge in [0.2, 0.25) is 27.2 Å². The zero-order chi connectivity index (χ0) is 103. The van der Waals surface area contributed by atoms with Crippen molar-refractivity contribution in [3.05, 3.63) is 404 Å². The molecular formula is C127H117Br3N6O14. The van der Waals surface area contributed by atoms with E-state index in [1.807, 2.05) is 127 Å². The lowest BCUT2D eigenvalue weighted by molar-refractivity contribution is 0.100. The molecule has 0 fully saturated rings. The maximum atomic E-state index is 11.8. The predicted octanol–water partition coefficient (Wildman–Crippen LogP) is 29.6. The Balaban J connectivity index is 0.0000000987. The lowest BCUT2D eigenvalue weighted by atomic mass is 9.75. The molecule has 0 spiro atoms. The van der Waals surface area contributed by atoms with Gasteiger partial charge in [-0.3, -0.25) is 19.2 Å². The van der Waals surface area contributed by atoms with E-state index in [1.165, 1.54) is 78.1 Å². The van der Waals surface area contributed by atoms with Gasteiger partial charge in [0.25, 0.3) is 0 Å². The summed E-state index contributed by atoms with van der Waals surface area (Å²) in [4.78, 5) is 47.0. The summed E-state index contributed by atoms with van der Waals surface area (Å²) < 4.78 is 47.5. The standard InChI is InChI=1S/C23H24BrNO2.C23H19NO3.C21H18BrNO3.C21H21NO2.C20H19NO2.C19H16BrNO2/c1-23(2,3)13-7-8-19-16(9-13)14-5-4-6-15(14)22(25-19)17-10-20-21(11-18(17)24)27-12-26-20;1-3-14-10-21-22(27-12-26-21)11-18(14)23-17-6-4-5-16(17)19-9-15(13(2)25)7-8-20(19)24-23;1-11(24)12-5-6-18-15(7-12)13-3-2-4-14(13)21(23-18)16-8-19-20(9-17(16)22)26-10-25-19;1-13(24)16-9-10-20-19(11-16)17-3-2-4-18(17)21(22-20)15-7-5-14(12-23)6-8-15;1-12(22)14-7-10-19-18(11-14)16-3-2-4-17(16)20(21-19)13-5-8-15(23)9-6-13;20-15-9-18-17(22-10-23-18)8-14(15)19-13-6-3-5-11(13)12-4-1-2-7-16(12)21-19/h4-5,7-11,14-15,22,25H,6,12H2,1-3H3;1,4-5,7-11,16-17,23-24H,6,12H2,2H3;2-3,5-9,13-14,21,23H,4,10H2,1H3;2-3,5-11,17-18,21-23H,4,12H2,1H3;2-3,5-11,16-17,20-21,23H,4H2,1H3;1-5,7-9,11,13,19,21H,6,10H2/t;;13-,14+,21+;;;/m..0.../s1. The smallest absolute Gasteiger partial charge is 0.231 e. The number of terminal acetylenes is 1. The average Bonchev–Trinajstić information content (AvgIpc) is 1.57. The molecule has 8 N–H and O–H groups in total. The summed E-state index contributed by atoms with van der Waals surface area (Å²) in [5.74, 6) is 14.7. The molecule has 0 amide bonds. The number of Topliss-reactive ketones (excluding diaryl/α,β-unsaturated/α-hetero) is 4. The lowest BCUT2D eigenvalue weighted by Gasteiger charge is -2.38. The Morgan fingerprint density at radius 2 is 0.593 bits per heavy atom. The first kappa shape index (κ1) is 99.0. The molecule has 10 aliphatic heterocycles. The number of anilines is 6. The third-order valence-electron chi connectivity index (χ3n) is 32.9. The molecule has 20 nitrogen and oxygen atoms in total. The molecule has 18 atom stereocenters. The molecule has 12 aromatic carbocycles. The third kappa shape index (κ3) is 19.0. The van der Waals surface area contributed by atoms with Crippen molar-refractivity contribution in [2.24, 2.45) is 35.5 Å². The maximum absolute atomic E-state index is 11.8. The van der Waals surface area contributed by atoms with E-state index in [1.54, 1.807) is 39.8 Å². The van der Waals surface area contributed by atoms with Crippen molar-refractivity contribution in [3.8, 4) is 64.1 Å². The Morgan fingerprint density at radius 3 is 0.920 bits per heavy atom. The minimum absolute atomic E-state index is 0.0706. The Morgan fingerprint density at radius 1 is 0.320 bits per heavy atom. The SMILES string of the molecule is Brc1cc2c(cc1C1Nc3ccccc3C3C=CCC31)OCO2.C#Cc1cc2c(cc1C1Nc3ccc(C(C)=O)cc3C3C=CCC31)OCO2.CC(=O)c1ccc2c(c1)C1C=CCC1C(c1ccc(CO)cc1)N2.CC(=O)c1ccc2c(c1)C1C=CCC1C(c1ccc(O)cc1)N2.CC(=O)c1ccc2c(c1)[C@H]1C=CC[C@H]1[C@H](c1cc3c(cc1Br)OCO3)N2.CC(C)(C)c1ccc2c(c1)C1C=CCC1C(c1cc3c(cc1Br)OCO3)N2. The molecule has 12 aromatic rings. The molecule has 0 aromatic heterocycles. The van der Waals surface area contributed by atoms with Crippen molar-refractivity contribution in [1.29, 1.82) is 0 Å². The summed E-state index contributed by atoms with van der Waals surface area (Å²) in [5.41, 5.74) is 28.0. The predicted molar refractivity (Wildman–Crippen MR) is 597 cm³/mol. The summed E-state index contributed by atoms with van der Waals surface area (Å²) in [6, 6.07) is 72.5. The molecule has 0 saturated carbocycles. The summed E-state index contributed by atoms with van der Waals surface area (Å²) >= 11 is 11.2. The van der Waals surface area contributed by atoms with Crippen LogP contribution in [0.2, 0.25) is 0 Å². The van der Waals surface area contributed by atoms with Crippen LogP contribution in [-0.2, 0) is 12.0 Å². The van der Waals surface area contributed by atoms with Gasteiger partial charge in [0.1, 0.15) is 5.75 Å². The van der Waals surface area contributed by atoms with E-state index in [0.717, 1.165) is 154 Å². The molecule has 28 rings (SSSR count). The van der Waals surface area contributed by atoms with Gasteiger partial charge >= 0.3 is 0 Å². The average molecular weight is 2190 g/mol. The van der Waals surface area contributed by atoms with Gasteiger partial charge in [-0.05, 0) is 325 Å². The van der Waals surface area contributed by atoms with Crippen molar-refractivity contribution >= 4 is 105 Å². The number of hydrogen-bond acceptors (Lipinski definition) is 20. The number of aliphatic hydroxyl groups is 1. The second kappa shape index (κ2) is 41.2. The van der Waals surface area contributed by atoms with Crippen LogP contribution in [-0.4, -0.2) is 60.5 Å². The van der Waals surface area contributed by atoms with Gasteiger partial charge in [-0.1, -0.05) is 214 Å². The first-order valence-corrected chi connectivity index (χ1v) is 54.3. The minimum Gasteiger partial charge on any atom is -0.508 e. The Kier molecular flexibility index (Phi) is 27.2. The fourth-order valence-corrected chi connectivity index (χ4v) is 26.8. The van der Waals surface area contributed by atoms with Crippen LogP contribution in [0.15, 0.2) is 299 Å². The quantitative estimate of drug-likeness (QED) is 0.0340. The highest BCUT2D eigenvalue weighted by atomic mass is 79.9. The highest BCUT2D eigenvalue weighted by Crippen LogP contribution is 2.60. The number of fused-ring (bicyclic) bond motifs is 22. The van der Waals surface area contributed by atoms with E-state index in [2.05, 4.69) is 252 Å². The molecule has 23 heteroatoms. The fourth-order valence-electron chi connectivity index (χ4n) is 25.1. The highest BCUT2D eigenvalue weighted by Gasteiger charge is 2.47. The van der Waals surface area contributed by atoms with Crippen molar-refractivity contribution in [2.75, 3.05) is 59.1 Å². The van der Waals surface area contributed by atoms with E-state index in [9.17, 15) is 29.4 Å². The number of phenolic OH excluding ortho intramolecular Hbond substituents is 1. The highest BCUT2D eigenvalue weighted by molar-refractivity contribution is 9.11. The Bertz CT molecular complexity index is 7640. The first-order valence-electron chi connectivity index (χ1n) is 51.9. The zero-order valence-corrected chi connectivity index (χ0v) is 89.1. The summed E-state index contributed by atoms with van der Waals surface area (Å²) in [7, 11) is 0. The van der Waals surface area contributed by atoms with Gasteiger partial charge in [0, 0.05) is 117 Å². The van der Waals surface area contributed by atoms with Crippen molar-refractivity contribution in [3.63, 3.8) is 0 Å². The second-order valence-electron chi connectivity index (χ2n) is 42.5. The van der Waals surface area contributed by atoms with E-state index in [4.69, 9.17) is 44.3 Å². The van der Waals surface area contributed by atoms with Gasteiger partial charge in [-0.25, -0.2) is 0 Å². The minimum atomic E-state index is 0.0706. The van der Waals surface area contributed by atoms with E-state index in [-0.39, 0.29) is 96.7 Å². The number of aliphatic hydroxyl groups excluding tert-OH is 1. The number of carbonyl (C=O) groups excluding carboxylic acids is 4. The van der Waals surface area contributed by atoms with E-state index in [0.29, 0.717) is 84.4 Å². The number of phenols is 1. The number of ketones is 4. The van der Waals surface area contributed by atoms with Gasteiger partial charge in [-0.2, -0.15) is 0 Å². The van der Waals surface area contributed by atoms with Crippen molar-refractivity contribution in [2.45, 2.75) is 171 Å². The number of hydrogen-bond donors (Lipinski definition) is 8. The summed E-state index contributed by atoms with van der Waals surface area (Å²) in [6.07, 6.45) is 39.5. The van der Waals surface area contributed by atoms with Crippen LogP contribution in [0.1, 0.15) is 284 Å². The number of carbonyl (C=O) groups is 4. The topological polar surface area (TPSA) is 255 Å². The van der Waals surface area contributed by atoms with Crippen LogP contribution < -0.4 is 69.8 Å². The van der Waals surface area contributed by atoms with E-state index >= 15 is 0 Å². The Labute approximate surface area is 899 Å². The molecule has 10 heterocycles. The lowest BCUT2D eigenvalue weighted by Crippen LogP contribution is -2.29. The molecule has 150 heavy (non-hydrogen) atoms. The number of ether oxygens (including phenoxy) is 8. The molecule has 0 bridgehead atoms. The number of aromatic hydroxyl groups is 1. The van der Waals surface area contributed by atoms with Crippen molar-refractivity contribution < 1.29 is 67.3 Å². The largest absolute Gasteiger partial charge is 0.508 e. The molecule has 0 radical (unpaired) electrons. The van der Waals surface area contributed by atoms with Crippen LogP contribution in [0.25, 0.3) is 0 Å². The molecule has 6 aliphatic carbocycles. The number of halogens is 3. The zero-order valence-electron chi connectivity index (χ0n) is 84.3. The van der Waals surface area contributed by atoms with Gasteiger partial charge in [0.15, 0.2) is 69.1 Å². The second-order valence-corrected chi connectivity index (χ2v) is 45.1. The van der Waals surface area contributed by atoms with Crippen LogP contribution in [0.3, 0.4) is 0 Å². The monoisotopic (exact) mass is 2190 g/mol.